The van der Waals surface area contributed by atoms with E-state index in [9.17, 15) is 9.59 Å². The lowest BCUT2D eigenvalue weighted by Crippen LogP contribution is -2.52. The zero-order chi connectivity index (χ0) is 22.2. The standard InChI is InChI=1S/C25H30Cl2N2O2/c1-2-8-24(30)29(17-19-13-14-21(26)22(27)15-19)23(16-18-9-4-3-5-10-18)25(31)28-20-11-6-7-12-20/h3-5,9-10,13-15,20,23H,2,6-8,11-12,16-17H2,1H3,(H,28,31)/t23-/m0/s1. The molecule has 0 saturated heterocycles. The monoisotopic (exact) mass is 460 g/mol. The summed E-state index contributed by atoms with van der Waals surface area (Å²) in [6.45, 7) is 2.28. The van der Waals surface area contributed by atoms with E-state index in [2.05, 4.69) is 5.32 Å². The molecule has 0 radical (unpaired) electrons. The van der Waals surface area contributed by atoms with E-state index in [1.807, 2.05) is 43.3 Å². The second kappa shape index (κ2) is 11.5. The van der Waals surface area contributed by atoms with Gasteiger partial charge in [0.1, 0.15) is 6.04 Å². The van der Waals surface area contributed by atoms with Crippen molar-refractivity contribution in [3.63, 3.8) is 0 Å². The van der Waals surface area contributed by atoms with Crippen LogP contribution in [-0.4, -0.2) is 28.8 Å². The van der Waals surface area contributed by atoms with Gasteiger partial charge >= 0.3 is 0 Å². The molecule has 6 heteroatoms. The maximum absolute atomic E-state index is 13.4. The Morgan fingerprint density at radius 3 is 2.39 bits per heavy atom. The van der Waals surface area contributed by atoms with Crippen LogP contribution in [0.25, 0.3) is 0 Å². The molecule has 0 spiro atoms. The number of carbonyl (C=O) groups excluding carboxylic acids is 2. The summed E-state index contributed by atoms with van der Waals surface area (Å²) in [5.74, 6) is -0.114. The van der Waals surface area contributed by atoms with Crippen LogP contribution < -0.4 is 5.32 Å². The summed E-state index contributed by atoms with van der Waals surface area (Å²) in [5, 5.41) is 4.11. The van der Waals surface area contributed by atoms with Gasteiger partial charge < -0.3 is 10.2 Å². The van der Waals surface area contributed by atoms with Crippen molar-refractivity contribution >= 4 is 35.0 Å². The van der Waals surface area contributed by atoms with Crippen molar-refractivity contribution in [2.45, 2.75) is 70.5 Å². The van der Waals surface area contributed by atoms with Crippen molar-refractivity contribution in [1.29, 1.82) is 0 Å². The van der Waals surface area contributed by atoms with Gasteiger partial charge in [-0.15, -0.1) is 0 Å². The van der Waals surface area contributed by atoms with E-state index >= 15 is 0 Å². The minimum Gasteiger partial charge on any atom is -0.352 e. The number of hydrogen-bond acceptors (Lipinski definition) is 2. The fourth-order valence-corrected chi connectivity index (χ4v) is 4.43. The number of halogens is 2. The molecule has 1 fully saturated rings. The molecule has 31 heavy (non-hydrogen) atoms. The minimum atomic E-state index is -0.587. The third-order valence-electron chi connectivity index (χ3n) is 5.77. The molecule has 0 bridgehead atoms. The van der Waals surface area contributed by atoms with Crippen LogP contribution in [0.4, 0.5) is 0 Å². The molecule has 1 aliphatic carbocycles. The molecule has 0 aliphatic heterocycles. The molecule has 0 aromatic heterocycles. The van der Waals surface area contributed by atoms with Crippen LogP contribution >= 0.6 is 23.2 Å². The first-order valence-corrected chi connectivity index (χ1v) is 11.8. The van der Waals surface area contributed by atoms with Gasteiger partial charge in [0.25, 0.3) is 0 Å². The lowest BCUT2D eigenvalue weighted by atomic mass is 10.0. The lowest BCUT2D eigenvalue weighted by molar-refractivity contribution is -0.141. The number of benzene rings is 2. The highest BCUT2D eigenvalue weighted by molar-refractivity contribution is 6.42. The topological polar surface area (TPSA) is 49.4 Å². The van der Waals surface area contributed by atoms with Crippen molar-refractivity contribution in [3.05, 3.63) is 69.7 Å². The molecule has 4 nitrogen and oxygen atoms in total. The summed E-state index contributed by atoms with van der Waals surface area (Å²) in [6.07, 6.45) is 5.85. The molecular weight excluding hydrogens is 431 g/mol. The Hall–Kier alpha value is -2.04. The van der Waals surface area contributed by atoms with Crippen LogP contribution in [-0.2, 0) is 22.6 Å². The maximum atomic E-state index is 13.4. The number of hydrogen-bond donors (Lipinski definition) is 1. The number of amides is 2. The predicted molar refractivity (Wildman–Crippen MR) is 126 cm³/mol. The quantitative estimate of drug-likeness (QED) is 0.514. The van der Waals surface area contributed by atoms with Crippen LogP contribution in [0.5, 0.6) is 0 Å². The molecule has 0 heterocycles. The van der Waals surface area contributed by atoms with Gasteiger partial charge in [-0.3, -0.25) is 9.59 Å². The Labute approximate surface area is 194 Å². The highest BCUT2D eigenvalue weighted by atomic mass is 35.5. The Balaban J connectivity index is 1.90. The highest BCUT2D eigenvalue weighted by Crippen LogP contribution is 2.25. The molecular formula is C25H30Cl2N2O2. The molecule has 0 unspecified atom stereocenters. The summed E-state index contributed by atoms with van der Waals surface area (Å²) < 4.78 is 0. The smallest absolute Gasteiger partial charge is 0.243 e. The molecule has 2 aromatic carbocycles. The molecule has 1 aliphatic rings. The van der Waals surface area contributed by atoms with E-state index in [1.54, 1.807) is 17.0 Å². The van der Waals surface area contributed by atoms with E-state index in [0.717, 1.165) is 43.2 Å². The van der Waals surface area contributed by atoms with Gasteiger partial charge in [0.2, 0.25) is 11.8 Å². The first-order chi connectivity index (χ1) is 15.0. The number of nitrogens with one attached hydrogen (secondary N) is 1. The Morgan fingerprint density at radius 2 is 1.74 bits per heavy atom. The van der Waals surface area contributed by atoms with Gasteiger partial charge in [-0.05, 0) is 42.5 Å². The van der Waals surface area contributed by atoms with Crippen molar-refractivity contribution < 1.29 is 9.59 Å². The zero-order valence-electron chi connectivity index (χ0n) is 17.9. The third-order valence-corrected chi connectivity index (χ3v) is 6.51. The Bertz CT molecular complexity index is 882. The van der Waals surface area contributed by atoms with Gasteiger partial charge in [0, 0.05) is 25.4 Å². The van der Waals surface area contributed by atoms with E-state index in [0.29, 0.717) is 29.4 Å². The molecule has 1 saturated carbocycles. The Morgan fingerprint density at radius 1 is 1.03 bits per heavy atom. The summed E-state index contributed by atoms with van der Waals surface area (Å²) in [6, 6.07) is 14.8. The van der Waals surface area contributed by atoms with Crippen molar-refractivity contribution in [2.24, 2.45) is 0 Å². The predicted octanol–water partition coefficient (Wildman–Crippen LogP) is 5.79. The van der Waals surface area contributed by atoms with E-state index in [1.165, 1.54) is 0 Å². The second-order valence-corrected chi connectivity index (χ2v) is 9.03. The average Bonchev–Trinajstić information content (AvgIpc) is 3.27. The average molecular weight is 461 g/mol. The van der Waals surface area contributed by atoms with Crippen molar-refractivity contribution in [1.82, 2.24) is 10.2 Å². The fraction of sp³-hybridized carbons (Fsp3) is 0.440. The van der Waals surface area contributed by atoms with Gasteiger partial charge in [0.15, 0.2) is 0 Å². The minimum absolute atomic E-state index is 0.0314. The zero-order valence-corrected chi connectivity index (χ0v) is 19.5. The van der Waals surface area contributed by atoms with Crippen molar-refractivity contribution in [3.8, 4) is 0 Å². The largest absolute Gasteiger partial charge is 0.352 e. The summed E-state index contributed by atoms with van der Waals surface area (Å²) in [5.41, 5.74) is 1.88. The van der Waals surface area contributed by atoms with Gasteiger partial charge in [-0.2, -0.15) is 0 Å². The highest BCUT2D eigenvalue weighted by Gasteiger charge is 2.31. The molecule has 2 amide bonds. The van der Waals surface area contributed by atoms with Crippen LogP contribution in [0.3, 0.4) is 0 Å². The van der Waals surface area contributed by atoms with Crippen LogP contribution in [0.2, 0.25) is 10.0 Å². The van der Waals surface area contributed by atoms with Gasteiger partial charge in [-0.1, -0.05) is 79.4 Å². The summed E-state index contributed by atoms with van der Waals surface area (Å²) in [7, 11) is 0. The molecule has 1 N–H and O–H groups in total. The SMILES string of the molecule is CCCC(=O)N(Cc1ccc(Cl)c(Cl)c1)[C@@H](Cc1ccccc1)C(=O)NC1CCCC1. The van der Waals surface area contributed by atoms with Crippen LogP contribution in [0.15, 0.2) is 48.5 Å². The normalized spacial score (nSPS) is 14.9. The number of rotatable bonds is 9. The van der Waals surface area contributed by atoms with E-state index < -0.39 is 6.04 Å². The van der Waals surface area contributed by atoms with Gasteiger partial charge in [-0.25, -0.2) is 0 Å². The first kappa shape index (κ1) is 23.6. The third kappa shape index (κ3) is 6.72. The van der Waals surface area contributed by atoms with E-state index in [4.69, 9.17) is 23.2 Å². The fourth-order valence-electron chi connectivity index (χ4n) is 4.11. The first-order valence-electron chi connectivity index (χ1n) is 11.1. The Kier molecular flexibility index (Phi) is 8.79. The maximum Gasteiger partial charge on any atom is 0.243 e. The lowest BCUT2D eigenvalue weighted by Gasteiger charge is -2.32. The van der Waals surface area contributed by atoms with Crippen LogP contribution in [0, 0.1) is 0 Å². The molecule has 2 aromatic rings. The number of carbonyl (C=O) groups is 2. The summed E-state index contributed by atoms with van der Waals surface area (Å²) >= 11 is 12.3. The number of nitrogens with zero attached hydrogens (tertiary/aromatic N) is 1. The van der Waals surface area contributed by atoms with E-state index in [-0.39, 0.29) is 17.9 Å². The van der Waals surface area contributed by atoms with Gasteiger partial charge in [0.05, 0.1) is 10.0 Å². The summed E-state index contributed by atoms with van der Waals surface area (Å²) in [4.78, 5) is 28.3. The van der Waals surface area contributed by atoms with Crippen LogP contribution in [0.1, 0.15) is 56.6 Å². The van der Waals surface area contributed by atoms with Crippen molar-refractivity contribution in [2.75, 3.05) is 0 Å². The molecule has 3 rings (SSSR count). The molecule has 1 atom stereocenters. The molecule has 166 valence electrons. The second-order valence-electron chi connectivity index (χ2n) is 8.22.